The standard InChI is InChI=1S/C13H17N5O/c1-9-6-13(2,19-17-9)8-15-12-16-10-4-5-14-7-11(10)18(12)3/h4-5,7H,6,8H2,1-3H3,(H,15,16). The highest BCUT2D eigenvalue weighted by molar-refractivity contribution is 5.83. The van der Waals surface area contributed by atoms with Gasteiger partial charge in [0.1, 0.15) is 0 Å². The van der Waals surface area contributed by atoms with E-state index in [2.05, 4.69) is 20.4 Å². The number of nitrogens with zero attached hydrogens (tertiary/aromatic N) is 4. The molecule has 3 heterocycles. The van der Waals surface area contributed by atoms with Crippen LogP contribution in [0.2, 0.25) is 0 Å². The minimum Gasteiger partial charge on any atom is -0.387 e. The van der Waals surface area contributed by atoms with Crippen molar-refractivity contribution in [3.8, 4) is 0 Å². The number of fused-ring (bicyclic) bond motifs is 1. The van der Waals surface area contributed by atoms with Gasteiger partial charge in [0.25, 0.3) is 0 Å². The summed E-state index contributed by atoms with van der Waals surface area (Å²) in [5, 5.41) is 7.34. The summed E-state index contributed by atoms with van der Waals surface area (Å²) in [5.74, 6) is 0.817. The Bertz CT molecular complexity index is 648. The first-order chi connectivity index (χ1) is 9.07. The molecule has 2 aromatic rings. The highest BCUT2D eigenvalue weighted by Gasteiger charge is 2.32. The number of pyridine rings is 1. The second-order valence-corrected chi connectivity index (χ2v) is 5.26. The fourth-order valence-corrected chi connectivity index (χ4v) is 2.35. The molecule has 3 rings (SSSR count). The molecule has 0 amide bonds. The lowest BCUT2D eigenvalue weighted by Gasteiger charge is -2.21. The van der Waals surface area contributed by atoms with E-state index in [1.54, 1.807) is 6.20 Å². The Balaban J connectivity index is 1.77. The minimum absolute atomic E-state index is 0.291. The van der Waals surface area contributed by atoms with Crippen molar-refractivity contribution in [2.45, 2.75) is 25.9 Å². The van der Waals surface area contributed by atoms with Gasteiger partial charge in [0.2, 0.25) is 5.95 Å². The SMILES string of the molecule is CC1=NOC(C)(CNc2nc3ccncc3n2C)C1. The largest absolute Gasteiger partial charge is 0.387 e. The van der Waals surface area contributed by atoms with Crippen LogP contribution in [-0.4, -0.2) is 32.4 Å². The van der Waals surface area contributed by atoms with Gasteiger partial charge in [-0.1, -0.05) is 5.16 Å². The molecule has 1 aliphatic heterocycles. The van der Waals surface area contributed by atoms with Gasteiger partial charge in [-0.2, -0.15) is 0 Å². The summed E-state index contributed by atoms with van der Waals surface area (Å²) in [6.45, 7) is 4.69. The zero-order valence-electron chi connectivity index (χ0n) is 11.3. The first-order valence-corrected chi connectivity index (χ1v) is 6.29. The molecule has 1 N–H and O–H groups in total. The van der Waals surface area contributed by atoms with Crippen LogP contribution in [0, 0.1) is 0 Å². The minimum atomic E-state index is -0.291. The number of aromatic nitrogens is 3. The van der Waals surface area contributed by atoms with Crippen molar-refractivity contribution in [3.63, 3.8) is 0 Å². The molecular weight excluding hydrogens is 242 g/mol. The normalized spacial score (nSPS) is 22.4. The van der Waals surface area contributed by atoms with E-state index >= 15 is 0 Å². The lowest BCUT2D eigenvalue weighted by molar-refractivity contribution is 0.00738. The summed E-state index contributed by atoms with van der Waals surface area (Å²) in [5.41, 5.74) is 2.68. The lowest BCUT2D eigenvalue weighted by atomic mass is 10.0. The van der Waals surface area contributed by atoms with Crippen LogP contribution in [-0.2, 0) is 11.9 Å². The topological polar surface area (TPSA) is 64.3 Å². The van der Waals surface area contributed by atoms with Crippen molar-refractivity contribution in [2.24, 2.45) is 12.2 Å². The first-order valence-electron chi connectivity index (χ1n) is 6.29. The summed E-state index contributed by atoms with van der Waals surface area (Å²) in [6, 6.07) is 1.90. The number of nitrogens with one attached hydrogen (secondary N) is 1. The highest BCUT2D eigenvalue weighted by Crippen LogP contribution is 2.24. The Morgan fingerprint density at radius 1 is 1.53 bits per heavy atom. The Kier molecular flexibility index (Phi) is 2.66. The molecule has 2 aromatic heterocycles. The molecular formula is C13H17N5O. The van der Waals surface area contributed by atoms with E-state index in [0.29, 0.717) is 6.54 Å². The van der Waals surface area contributed by atoms with Crippen LogP contribution in [0.25, 0.3) is 11.0 Å². The number of hydrogen-bond acceptors (Lipinski definition) is 5. The van der Waals surface area contributed by atoms with Gasteiger partial charge in [0.15, 0.2) is 5.60 Å². The van der Waals surface area contributed by atoms with Crippen LogP contribution in [0.3, 0.4) is 0 Å². The third kappa shape index (κ3) is 2.14. The molecule has 19 heavy (non-hydrogen) atoms. The summed E-state index contributed by atoms with van der Waals surface area (Å²) in [6.07, 6.45) is 4.40. The predicted molar refractivity (Wildman–Crippen MR) is 74.2 cm³/mol. The van der Waals surface area contributed by atoms with Crippen LogP contribution >= 0.6 is 0 Å². The van der Waals surface area contributed by atoms with Crippen molar-refractivity contribution in [1.82, 2.24) is 14.5 Å². The van der Waals surface area contributed by atoms with Gasteiger partial charge >= 0.3 is 0 Å². The van der Waals surface area contributed by atoms with Crippen molar-refractivity contribution in [1.29, 1.82) is 0 Å². The summed E-state index contributed by atoms with van der Waals surface area (Å²) >= 11 is 0. The Morgan fingerprint density at radius 2 is 2.37 bits per heavy atom. The zero-order chi connectivity index (χ0) is 13.5. The molecule has 0 radical (unpaired) electrons. The zero-order valence-corrected chi connectivity index (χ0v) is 11.3. The molecule has 1 atom stereocenters. The maximum absolute atomic E-state index is 5.46. The Morgan fingerprint density at radius 3 is 3.05 bits per heavy atom. The van der Waals surface area contributed by atoms with Crippen LogP contribution in [0.15, 0.2) is 23.6 Å². The van der Waals surface area contributed by atoms with Crippen LogP contribution < -0.4 is 5.32 Å². The molecule has 0 aliphatic carbocycles. The van der Waals surface area contributed by atoms with Crippen molar-refractivity contribution in [3.05, 3.63) is 18.5 Å². The molecule has 6 heteroatoms. The van der Waals surface area contributed by atoms with Crippen LogP contribution in [0.5, 0.6) is 0 Å². The number of aryl methyl sites for hydroxylation is 1. The van der Waals surface area contributed by atoms with Gasteiger partial charge in [-0.05, 0) is 19.9 Å². The van der Waals surface area contributed by atoms with Crippen molar-refractivity contribution < 1.29 is 4.84 Å². The molecule has 6 nitrogen and oxygen atoms in total. The number of imidazole rings is 1. The van der Waals surface area contributed by atoms with Crippen molar-refractivity contribution >= 4 is 22.7 Å². The lowest BCUT2D eigenvalue weighted by Crippen LogP contribution is -2.34. The molecule has 0 fully saturated rings. The average molecular weight is 259 g/mol. The number of hydrogen-bond donors (Lipinski definition) is 1. The van der Waals surface area contributed by atoms with Gasteiger partial charge in [-0.15, -0.1) is 0 Å². The molecule has 0 aromatic carbocycles. The molecule has 0 spiro atoms. The molecule has 1 unspecified atom stereocenters. The van der Waals surface area contributed by atoms with E-state index in [-0.39, 0.29) is 5.60 Å². The van der Waals surface area contributed by atoms with E-state index in [4.69, 9.17) is 4.84 Å². The number of anilines is 1. The third-order valence-electron chi connectivity index (χ3n) is 3.36. The molecule has 100 valence electrons. The fraction of sp³-hybridized carbons (Fsp3) is 0.462. The third-order valence-corrected chi connectivity index (χ3v) is 3.36. The van der Waals surface area contributed by atoms with Gasteiger partial charge in [-0.25, -0.2) is 4.98 Å². The van der Waals surface area contributed by atoms with Gasteiger partial charge < -0.3 is 14.7 Å². The summed E-state index contributed by atoms with van der Waals surface area (Å²) in [7, 11) is 1.97. The van der Waals surface area contributed by atoms with Gasteiger partial charge in [0, 0.05) is 19.7 Å². The van der Waals surface area contributed by atoms with E-state index in [1.165, 1.54) is 0 Å². The summed E-state index contributed by atoms with van der Waals surface area (Å²) < 4.78 is 1.99. The molecule has 0 saturated heterocycles. The Hall–Kier alpha value is -2.11. The second kappa shape index (κ2) is 4.22. The van der Waals surface area contributed by atoms with E-state index < -0.39 is 0 Å². The predicted octanol–water partition coefficient (Wildman–Crippen LogP) is 1.94. The number of oxime groups is 1. The quantitative estimate of drug-likeness (QED) is 0.914. The molecule has 0 saturated carbocycles. The monoisotopic (exact) mass is 259 g/mol. The second-order valence-electron chi connectivity index (χ2n) is 5.26. The smallest absolute Gasteiger partial charge is 0.203 e. The summed E-state index contributed by atoms with van der Waals surface area (Å²) in [4.78, 5) is 14.1. The van der Waals surface area contributed by atoms with Gasteiger partial charge in [-0.3, -0.25) is 4.98 Å². The van der Waals surface area contributed by atoms with Gasteiger partial charge in [0.05, 0.1) is 29.5 Å². The molecule has 0 bridgehead atoms. The maximum Gasteiger partial charge on any atom is 0.203 e. The van der Waals surface area contributed by atoms with E-state index in [9.17, 15) is 0 Å². The Labute approximate surface area is 111 Å². The van der Waals surface area contributed by atoms with E-state index in [1.807, 2.05) is 37.7 Å². The van der Waals surface area contributed by atoms with Crippen LogP contribution in [0.1, 0.15) is 20.3 Å². The molecule has 1 aliphatic rings. The first kappa shape index (κ1) is 12.0. The van der Waals surface area contributed by atoms with E-state index in [0.717, 1.165) is 29.1 Å². The number of rotatable bonds is 3. The average Bonchev–Trinajstić information content (AvgIpc) is 2.90. The van der Waals surface area contributed by atoms with Crippen molar-refractivity contribution in [2.75, 3.05) is 11.9 Å². The fourth-order valence-electron chi connectivity index (χ4n) is 2.35. The highest BCUT2D eigenvalue weighted by atomic mass is 16.7. The van der Waals surface area contributed by atoms with Crippen LogP contribution in [0.4, 0.5) is 5.95 Å². The maximum atomic E-state index is 5.46.